The van der Waals surface area contributed by atoms with Gasteiger partial charge in [-0.2, -0.15) is 0 Å². The minimum absolute atomic E-state index is 0.602. The Morgan fingerprint density at radius 2 is 1.80 bits per heavy atom. The molecule has 0 spiro atoms. The van der Waals surface area contributed by atoms with Gasteiger partial charge in [-0.15, -0.1) is 10.2 Å². The van der Waals surface area contributed by atoms with Crippen LogP contribution in [0.5, 0.6) is 5.88 Å². The highest BCUT2D eigenvalue weighted by molar-refractivity contribution is 5.38. The average Bonchev–Trinajstić information content (AvgIpc) is 3.43. The molecule has 0 bridgehead atoms. The first kappa shape index (κ1) is 16.3. The monoisotopic (exact) mass is 338 g/mol. The zero-order valence-corrected chi connectivity index (χ0v) is 14.8. The second-order valence-electron chi connectivity index (χ2n) is 6.96. The zero-order valence-electron chi connectivity index (χ0n) is 14.8. The predicted molar refractivity (Wildman–Crippen MR) is 99.1 cm³/mol. The van der Waals surface area contributed by atoms with Gasteiger partial charge < -0.3 is 9.64 Å². The molecular weight excluding hydrogens is 312 g/mol. The van der Waals surface area contributed by atoms with Crippen LogP contribution in [0.3, 0.4) is 0 Å². The van der Waals surface area contributed by atoms with Crippen LogP contribution in [0.1, 0.15) is 24.8 Å². The molecule has 5 heteroatoms. The van der Waals surface area contributed by atoms with E-state index in [-0.39, 0.29) is 0 Å². The van der Waals surface area contributed by atoms with E-state index in [1.165, 1.54) is 18.5 Å². The Balaban J connectivity index is 1.25. The minimum atomic E-state index is 0.602. The van der Waals surface area contributed by atoms with E-state index in [1.54, 1.807) is 0 Å². The highest BCUT2D eigenvalue weighted by Crippen LogP contribution is 2.47. The lowest BCUT2D eigenvalue weighted by molar-refractivity contribution is 0.245. The van der Waals surface area contributed by atoms with Gasteiger partial charge in [-0.25, -0.2) is 0 Å². The second kappa shape index (κ2) is 7.40. The normalized spacial score (nSPS) is 23.5. The van der Waals surface area contributed by atoms with Crippen molar-refractivity contribution in [2.24, 2.45) is 5.92 Å². The number of piperazine rings is 1. The summed E-state index contributed by atoms with van der Waals surface area (Å²) in [6.45, 7) is 8.05. The molecule has 0 N–H and O–H groups in total. The number of rotatable bonds is 6. The van der Waals surface area contributed by atoms with Crippen molar-refractivity contribution in [2.45, 2.75) is 19.3 Å². The van der Waals surface area contributed by atoms with Crippen LogP contribution in [-0.4, -0.2) is 54.4 Å². The third-order valence-corrected chi connectivity index (χ3v) is 5.26. The van der Waals surface area contributed by atoms with E-state index in [0.29, 0.717) is 12.5 Å². The summed E-state index contributed by atoms with van der Waals surface area (Å²) in [5.41, 5.74) is 1.51. The SMILES string of the molecule is CCOc1ccc(N2CCN(C[C@@H]3C[C@H]3c3ccccc3)CC2)nn1. The quantitative estimate of drug-likeness (QED) is 0.810. The number of anilines is 1. The van der Waals surface area contributed by atoms with Crippen molar-refractivity contribution in [1.82, 2.24) is 15.1 Å². The Morgan fingerprint density at radius 1 is 1.00 bits per heavy atom. The fourth-order valence-corrected chi connectivity index (χ4v) is 3.76. The zero-order chi connectivity index (χ0) is 17.1. The van der Waals surface area contributed by atoms with E-state index >= 15 is 0 Å². The summed E-state index contributed by atoms with van der Waals surface area (Å²) in [6.07, 6.45) is 1.34. The molecule has 1 aromatic heterocycles. The molecule has 0 amide bonds. The van der Waals surface area contributed by atoms with Crippen LogP contribution in [0.2, 0.25) is 0 Å². The minimum Gasteiger partial charge on any atom is -0.477 e. The third kappa shape index (κ3) is 3.93. The summed E-state index contributed by atoms with van der Waals surface area (Å²) in [5, 5.41) is 8.44. The maximum atomic E-state index is 5.36. The summed E-state index contributed by atoms with van der Waals surface area (Å²) >= 11 is 0. The van der Waals surface area contributed by atoms with Crippen molar-refractivity contribution in [2.75, 3.05) is 44.2 Å². The van der Waals surface area contributed by atoms with E-state index in [2.05, 4.69) is 50.3 Å². The van der Waals surface area contributed by atoms with Gasteiger partial charge in [-0.1, -0.05) is 30.3 Å². The van der Waals surface area contributed by atoms with E-state index in [0.717, 1.165) is 43.8 Å². The van der Waals surface area contributed by atoms with Crippen LogP contribution in [0.4, 0.5) is 5.82 Å². The fourth-order valence-electron chi connectivity index (χ4n) is 3.76. The Kier molecular flexibility index (Phi) is 4.83. The van der Waals surface area contributed by atoms with Crippen molar-refractivity contribution in [3.63, 3.8) is 0 Å². The maximum absolute atomic E-state index is 5.36. The summed E-state index contributed by atoms with van der Waals surface area (Å²) in [4.78, 5) is 4.92. The van der Waals surface area contributed by atoms with Gasteiger partial charge in [0.05, 0.1) is 6.61 Å². The first-order chi connectivity index (χ1) is 12.3. The number of ether oxygens (including phenoxy) is 1. The molecule has 2 aliphatic rings. The molecule has 1 saturated heterocycles. The largest absolute Gasteiger partial charge is 0.477 e. The topological polar surface area (TPSA) is 41.5 Å². The Hall–Kier alpha value is -2.14. The van der Waals surface area contributed by atoms with Gasteiger partial charge in [0.2, 0.25) is 5.88 Å². The maximum Gasteiger partial charge on any atom is 0.233 e. The predicted octanol–water partition coefficient (Wildman–Crippen LogP) is 2.80. The van der Waals surface area contributed by atoms with Crippen LogP contribution in [0, 0.1) is 5.92 Å². The van der Waals surface area contributed by atoms with Crippen LogP contribution in [0.15, 0.2) is 42.5 Å². The van der Waals surface area contributed by atoms with E-state index in [1.807, 2.05) is 19.1 Å². The van der Waals surface area contributed by atoms with E-state index in [9.17, 15) is 0 Å². The van der Waals surface area contributed by atoms with Crippen LogP contribution >= 0.6 is 0 Å². The molecule has 1 saturated carbocycles. The summed E-state index contributed by atoms with van der Waals surface area (Å²) in [7, 11) is 0. The first-order valence-electron chi connectivity index (χ1n) is 9.32. The van der Waals surface area contributed by atoms with E-state index < -0.39 is 0 Å². The molecule has 25 heavy (non-hydrogen) atoms. The molecule has 4 rings (SSSR count). The van der Waals surface area contributed by atoms with Gasteiger partial charge in [0.25, 0.3) is 0 Å². The number of nitrogens with zero attached hydrogens (tertiary/aromatic N) is 4. The van der Waals surface area contributed by atoms with Crippen molar-refractivity contribution >= 4 is 5.82 Å². The Morgan fingerprint density at radius 3 is 2.48 bits per heavy atom. The second-order valence-corrected chi connectivity index (χ2v) is 6.96. The van der Waals surface area contributed by atoms with Crippen LogP contribution < -0.4 is 9.64 Å². The Labute approximate surface area is 149 Å². The lowest BCUT2D eigenvalue weighted by Crippen LogP contribution is -2.47. The number of hydrogen-bond acceptors (Lipinski definition) is 5. The van der Waals surface area contributed by atoms with Crippen molar-refractivity contribution < 1.29 is 4.74 Å². The van der Waals surface area contributed by atoms with Crippen molar-refractivity contribution in [3.05, 3.63) is 48.0 Å². The highest BCUT2D eigenvalue weighted by Gasteiger charge is 2.39. The molecule has 5 nitrogen and oxygen atoms in total. The van der Waals surface area contributed by atoms with Gasteiger partial charge in [0, 0.05) is 38.8 Å². The summed E-state index contributed by atoms with van der Waals surface area (Å²) in [6, 6.07) is 14.9. The van der Waals surface area contributed by atoms with E-state index in [4.69, 9.17) is 4.74 Å². The molecule has 0 radical (unpaired) electrons. The number of benzene rings is 1. The molecule has 0 unspecified atom stereocenters. The van der Waals surface area contributed by atoms with Gasteiger partial charge in [0.15, 0.2) is 5.82 Å². The van der Waals surface area contributed by atoms with Crippen molar-refractivity contribution in [3.8, 4) is 5.88 Å². The molecule has 2 heterocycles. The molecule has 1 aromatic carbocycles. The van der Waals surface area contributed by atoms with Gasteiger partial charge >= 0.3 is 0 Å². The average molecular weight is 338 g/mol. The Bertz CT molecular complexity index is 668. The van der Waals surface area contributed by atoms with Gasteiger partial charge in [0.1, 0.15) is 0 Å². The third-order valence-electron chi connectivity index (χ3n) is 5.26. The molecular formula is C20H26N4O. The highest BCUT2D eigenvalue weighted by atomic mass is 16.5. The lowest BCUT2D eigenvalue weighted by atomic mass is 10.1. The van der Waals surface area contributed by atoms with Crippen molar-refractivity contribution in [1.29, 1.82) is 0 Å². The summed E-state index contributed by atoms with van der Waals surface area (Å²) in [5.74, 6) is 3.16. The number of aromatic nitrogens is 2. The van der Waals surface area contributed by atoms with Crippen LogP contribution in [-0.2, 0) is 0 Å². The molecule has 2 fully saturated rings. The fraction of sp³-hybridized carbons (Fsp3) is 0.500. The summed E-state index contributed by atoms with van der Waals surface area (Å²) < 4.78 is 5.36. The molecule has 132 valence electrons. The molecule has 2 atom stereocenters. The first-order valence-corrected chi connectivity index (χ1v) is 9.32. The smallest absolute Gasteiger partial charge is 0.233 e. The number of hydrogen-bond donors (Lipinski definition) is 0. The van der Waals surface area contributed by atoms with Crippen LogP contribution in [0.25, 0.3) is 0 Å². The van der Waals surface area contributed by atoms with Gasteiger partial charge in [-0.05, 0) is 36.8 Å². The lowest BCUT2D eigenvalue weighted by Gasteiger charge is -2.35. The molecule has 1 aliphatic heterocycles. The molecule has 2 aromatic rings. The standard InChI is InChI=1S/C20H26N4O/c1-2-25-20-9-8-19(21-22-20)24-12-10-23(11-13-24)15-17-14-18(17)16-6-4-3-5-7-16/h3-9,17-18H,2,10-15H2,1H3/t17-,18-/m0/s1. The van der Waals surface area contributed by atoms with Gasteiger partial charge in [-0.3, -0.25) is 4.90 Å². The molecule has 1 aliphatic carbocycles.